The Bertz CT molecular complexity index is 524. The van der Waals surface area contributed by atoms with Gasteiger partial charge < -0.3 is 10.2 Å². The third-order valence-electron chi connectivity index (χ3n) is 4.84. The van der Waals surface area contributed by atoms with Gasteiger partial charge in [0, 0.05) is 19.0 Å². The molecule has 4 nitrogen and oxygen atoms in total. The first kappa shape index (κ1) is 18.5. The van der Waals surface area contributed by atoms with E-state index < -0.39 is 0 Å². The molecule has 132 valence electrons. The minimum Gasteiger partial charge on any atom is -0.352 e. The third-order valence-corrected chi connectivity index (χ3v) is 4.84. The topological polar surface area (TPSA) is 49.4 Å². The Morgan fingerprint density at radius 2 is 1.79 bits per heavy atom. The van der Waals surface area contributed by atoms with Crippen molar-refractivity contribution in [3.05, 3.63) is 35.9 Å². The van der Waals surface area contributed by atoms with Gasteiger partial charge in [-0.25, -0.2) is 0 Å². The van der Waals surface area contributed by atoms with Crippen LogP contribution >= 0.6 is 0 Å². The second kappa shape index (κ2) is 9.45. The van der Waals surface area contributed by atoms with Gasteiger partial charge in [-0.2, -0.15) is 0 Å². The molecule has 0 aromatic heterocycles. The molecule has 0 heterocycles. The van der Waals surface area contributed by atoms with Crippen molar-refractivity contribution in [2.75, 3.05) is 0 Å². The van der Waals surface area contributed by atoms with Gasteiger partial charge in [0.25, 0.3) is 0 Å². The fraction of sp³-hybridized carbons (Fsp3) is 0.600. The van der Waals surface area contributed by atoms with Gasteiger partial charge in [0.2, 0.25) is 11.8 Å². The van der Waals surface area contributed by atoms with Crippen molar-refractivity contribution in [2.24, 2.45) is 0 Å². The summed E-state index contributed by atoms with van der Waals surface area (Å²) < 4.78 is 0. The molecule has 0 saturated heterocycles. The highest BCUT2D eigenvalue weighted by Crippen LogP contribution is 2.19. The molecule has 1 N–H and O–H groups in total. The van der Waals surface area contributed by atoms with Gasteiger partial charge in [0.15, 0.2) is 0 Å². The summed E-state index contributed by atoms with van der Waals surface area (Å²) in [6.07, 6.45) is 6.80. The Morgan fingerprint density at radius 3 is 2.38 bits per heavy atom. The molecule has 24 heavy (non-hydrogen) atoms. The molecule has 0 bridgehead atoms. The average molecular weight is 330 g/mol. The molecule has 0 unspecified atom stereocenters. The van der Waals surface area contributed by atoms with E-state index in [2.05, 4.69) is 5.32 Å². The predicted octanol–water partition coefficient (Wildman–Crippen LogP) is 3.65. The number of benzene rings is 1. The zero-order valence-corrected chi connectivity index (χ0v) is 15.0. The van der Waals surface area contributed by atoms with Gasteiger partial charge >= 0.3 is 0 Å². The number of amides is 2. The Kier molecular flexibility index (Phi) is 7.29. The van der Waals surface area contributed by atoms with Crippen LogP contribution < -0.4 is 5.32 Å². The van der Waals surface area contributed by atoms with Crippen molar-refractivity contribution in [1.82, 2.24) is 10.2 Å². The first-order chi connectivity index (χ1) is 11.7. The Morgan fingerprint density at radius 1 is 1.12 bits per heavy atom. The largest absolute Gasteiger partial charge is 0.352 e. The van der Waals surface area contributed by atoms with Crippen molar-refractivity contribution in [2.45, 2.75) is 77.4 Å². The fourth-order valence-electron chi connectivity index (χ4n) is 3.45. The Labute approximate surface area is 145 Å². The summed E-state index contributed by atoms with van der Waals surface area (Å²) in [5, 5.41) is 3.18. The summed E-state index contributed by atoms with van der Waals surface area (Å²) in [6, 6.07) is 9.78. The van der Waals surface area contributed by atoms with E-state index in [0.717, 1.165) is 18.4 Å². The minimum absolute atomic E-state index is 0.00197. The fourth-order valence-corrected chi connectivity index (χ4v) is 3.45. The molecule has 1 atom stereocenters. The van der Waals surface area contributed by atoms with E-state index in [9.17, 15) is 9.59 Å². The van der Waals surface area contributed by atoms with Crippen molar-refractivity contribution in [3.63, 3.8) is 0 Å². The molecule has 2 amide bonds. The number of hydrogen-bond acceptors (Lipinski definition) is 2. The molecule has 1 aromatic rings. The third kappa shape index (κ3) is 5.08. The molecule has 4 heteroatoms. The maximum absolute atomic E-state index is 12.8. The highest BCUT2D eigenvalue weighted by Gasteiger charge is 2.29. The molecule has 0 aliphatic heterocycles. The van der Waals surface area contributed by atoms with Crippen molar-refractivity contribution >= 4 is 11.8 Å². The summed E-state index contributed by atoms with van der Waals surface area (Å²) in [4.78, 5) is 27.0. The quantitative estimate of drug-likeness (QED) is 0.829. The number of nitrogens with one attached hydrogen (secondary N) is 1. The van der Waals surface area contributed by atoms with Gasteiger partial charge in [-0.3, -0.25) is 9.59 Å². The Hall–Kier alpha value is -1.84. The van der Waals surface area contributed by atoms with Crippen molar-refractivity contribution < 1.29 is 9.59 Å². The summed E-state index contributed by atoms with van der Waals surface area (Å²) in [5.74, 6) is 0.0339. The van der Waals surface area contributed by atoms with Crippen LogP contribution in [0.15, 0.2) is 30.3 Å². The molecule has 2 rings (SSSR count). The van der Waals surface area contributed by atoms with E-state index in [-0.39, 0.29) is 23.9 Å². The van der Waals surface area contributed by atoms with Crippen LogP contribution in [0.25, 0.3) is 0 Å². The highest BCUT2D eigenvalue weighted by atomic mass is 16.2. The van der Waals surface area contributed by atoms with E-state index in [4.69, 9.17) is 0 Å². The van der Waals surface area contributed by atoms with E-state index >= 15 is 0 Å². The van der Waals surface area contributed by atoms with Gasteiger partial charge in [0.05, 0.1) is 0 Å². The molecule has 1 aromatic carbocycles. The lowest BCUT2D eigenvalue weighted by atomic mass is 9.95. The van der Waals surface area contributed by atoms with Crippen LogP contribution in [0.1, 0.15) is 64.4 Å². The Balaban J connectivity index is 2.08. The van der Waals surface area contributed by atoms with E-state index in [1.807, 2.05) is 44.2 Å². The van der Waals surface area contributed by atoms with Crippen LogP contribution in [0.5, 0.6) is 0 Å². The molecular formula is C20H30N2O2. The maximum atomic E-state index is 12.8. The number of hydrogen-bond donors (Lipinski definition) is 1. The molecule has 1 aliphatic rings. The summed E-state index contributed by atoms with van der Waals surface area (Å²) in [5.41, 5.74) is 1.06. The molecule has 1 saturated carbocycles. The van der Waals surface area contributed by atoms with Gasteiger partial charge in [-0.05, 0) is 24.8 Å². The van der Waals surface area contributed by atoms with Crippen LogP contribution in [0, 0.1) is 0 Å². The lowest BCUT2D eigenvalue weighted by Gasteiger charge is -2.32. The minimum atomic E-state index is -0.389. The van der Waals surface area contributed by atoms with Crippen LogP contribution in [-0.4, -0.2) is 28.8 Å². The molecular weight excluding hydrogens is 300 g/mol. The van der Waals surface area contributed by atoms with Crippen LogP contribution in [-0.2, 0) is 16.1 Å². The van der Waals surface area contributed by atoms with E-state index in [1.54, 1.807) is 4.90 Å². The zero-order valence-electron chi connectivity index (χ0n) is 15.0. The standard InChI is InChI=1S/C20H30N2O2/c1-3-18(20(24)21-17-13-9-6-10-14-17)22(19(23)4-2)15-16-11-7-5-8-12-16/h5,7-8,11-12,17-18H,3-4,6,9-10,13-15H2,1-2H3,(H,21,24)/t18-/m0/s1. The predicted molar refractivity (Wildman–Crippen MR) is 96.4 cm³/mol. The van der Waals surface area contributed by atoms with Crippen LogP contribution in [0.3, 0.4) is 0 Å². The summed E-state index contributed by atoms with van der Waals surface area (Å²) >= 11 is 0. The molecule has 0 radical (unpaired) electrons. The average Bonchev–Trinajstić information content (AvgIpc) is 2.62. The number of carbonyl (C=O) groups is 2. The zero-order chi connectivity index (χ0) is 17.4. The van der Waals surface area contributed by atoms with Crippen LogP contribution in [0.4, 0.5) is 0 Å². The van der Waals surface area contributed by atoms with E-state index in [0.29, 0.717) is 19.4 Å². The second-order valence-corrected chi connectivity index (χ2v) is 6.63. The first-order valence-corrected chi connectivity index (χ1v) is 9.29. The summed E-state index contributed by atoms with van der Waals surface area (Å²) in [7, 11) is 0. The van der Waals surface area contributed by atoms with Crippen molar-refractivity contribution in [1.29, 1.82) is 0 Å². The summed E-state index contributed by atoms with van der Waals surface area (Å²) in [6.45, 7) is 4.32. The van der Waals surface area contributed by atoms with Crippen molar-refractivity contribution in [3.8, 4) is 0 Å². The first-order valence-electron chi connectivity index (χ1n) is 9.29. The molecule has 1 aliphatic carbocycles. The smallest absolute Gasteiger partial charge is 0.243 e. The number of rotatable bonds is 7. The SMILES string of the molecule is CCC(=O)N(Cc1ccccc1)[C@@H](CC)C(=O)NC1CCCCC1. The van der Waals surface area contributed by atoms with Gasteiger partial charge in [-0.1, -0.05) is 63.4 Å². The highest BCUT2D eigenvalue weighted by molar-refractivity contribution is 5.87. The van der Waals surface area contributed by atoms with Crippen LogP contribution in [0.2, 0.25) is 0 Å². The lowest BCUT2D eigenvalue weighted by molar-refractivity contribution is -0.141. The normalized spacial score (nSPS) is 16.4. The van der Waals surface area contributed by atoms with Gasteiger partial charge in [0.1, 0.15) is 6.04 Å². The van der Waals surface area contributed by atoms with Gasteiger partial charge in [-0.15, -0.1) is 0 Å². The number of nitrogens with zero attached hydrogens (tertiary/aromatic N) is 1. The molecule has 1 fully saturated rings. The van der Waals surface area contributed by atoms with E-state index in [1.165, 1.54) is 19.3 Å². The second-order valence-electron chi connectivity index (χ2n) is 6.63. The monoisotopic (exact) mass is 330 g/mol. The number of carbonyl (C=O) groups excluding carboxylic acids is 2. The maximum Gasteiger partial charge on any atom is 0.243 e. The lowest BCUT2D eigenvalue weighted by Crippen LogP contribution is -2.51. The molecule has 0 spiro atoms.